The molecule has 2 aromatic rings. The highest BCUT2D eigenvalue weighted by Gasteiger charge is 2.17. The van der Waals surface area contributed by atoms with E-state index < -0.39 is 24.4 Å². The summed E-state index contributed by atoms with van der Waals surface area (Å²) in [7, 11) is 1.45. The second-order valence-corrected chi connectivity index (χ2v) is 5.46. The molecule has 138 valence electrons. The monoisotopic (exact) mass is 361 g/mol. The molecule has 0 aliphatic rings. The van der Waals surface area contributed by atoms with Crippen LogP contribution in [0.3, 0.4) is 0 Å². The Bertz CT molecular complexity index is 781. The van der Waals surface area contributed by atoms with Gasteiger partial charge < -0.3 is 18.6 Å². The molecule has 8 nitrogen and oxygen atoms in total. The van der Waals surface area contributed by atoms with Gasteiger partial charge in [-0.2, -0.15) is 0 Å². The summed E-state index contributed by atoms with van der Waals surface area (Å²) in [4.78, 5) is 35.4. The van der Waals surface area contributed by atoms with Crippen LogP contribution in [-0.2, 0) is 9.53 Å². The second-order valence-electron chi connectivity index (χ2n) is 5.46. The van der Waals surface area contributed by atoms with Gasteiger partial charge in [0.2, 0.25) is 0 Å². The lowest BCUT2D eigenvalue weighted by Crippen LogP contribution is -2.33. The highest BCUT2D eigenvalue weighted by atomic mass is 16.5. The normalized spacial score (nSPS) is 10.3. The molecule has 2 rings (SSSR count). The van der Waals surface area contributed by atoms with Gasteiger partial charge in [-0.05, 0) is 44.2 Å². The van der Waals surface area contributed by atoms with Crippen LogP contribution in [0, 0.1) is 0 Å². The minimum absolute atomic E-state index is 0.0184. The summed E-state index contributed by atoms with van der Waals surface area (Å²) < 4.78 is 20.5. The molecule has 0 unspecified atom stereocenters. The maximum Gasteiger partial charge on any atom is 0.338 e. The van der Waals surface area contributed by atoms with Crippen molar-refractivity contribution in [2.45, 2.75) is 20.0 Å². The molecule has 0 fully saturated rings. The van der Waals surface area contributed by atoms with Gasteiger partial charge in [-0.3, -0.25) is 14.9 Å². The summed E-state index contributed by atoms with van der Waals surface area (Å²) in [6, 6.07) is 7.44. The molecule has 1 heterocycles. The van der Waals surface area contributed by atoms with Gasteiger partial charge in [-0.25, -0.2) is 4.79 Å². The van der Waals surface area contributed by atoms with Gasteiger partial charge in [-0.1, -0.05) is 0 Å². The molecule has 0 bridgehead atoms. The number of esters is 1. The molecule has 0 aliphatic carbocycles. The highest BCUT2D eigenvalue weighted by molar-refractivity contribution is 6.04. The third-order valence-electron chi connectivity index (χ3n) is 3.09. The van der Waals surface area contributed by atoms with Crippen LogP contribution in [0.2, 0.25) is 0 Å². The summed E-state index contributed by atoms with van der Waals surface area (Å²) in [6.45, 7) is 3.12. The van der Waals surface area contributed by atoms with Gasteiger partial charge >= 0.3 is 5.97 Å². The lowest BCUT2D eigenvalue weighted by molar-refractivity contribution is -0.123. The standard InChI is InChI=1S/C18H19NO7/c1-11(2)26-13-7-6-12(9-15(13)23-3)18(22)25-10-16(20)19-17(21)14-5-4-8-24-14/h4-9,11H,10H2,1-3H3,(H,19,20,21). The smallest absolute Gasteiger partial charge is 0.338 e. The Labute approximate surface area is 150 Å². The Morgan fingerprint density at radius 2 is 1.92 bits per heavy atom. The third-order valence-corrected chi connectivity index (χ3v) is 3.09. The molecule has 0 saturated carbocycles. The van der Waals surface area contributed by atoms with E-state index in [-0.39, 0.29) is 17.4 Å². The van der Waals surface area contributed by atoms with Gasteiger partial charge in [-0.15, -0.1) is 0 Å². The summed E-state index contributed by atoms with van der Waals surface area (Å²) in [5, 5.41) is 2.05. The van der Waals surface area contributed by atoms with Gasteiger partial charge in [0, 0.05) is 0 Å². The van der Waals surface area contributed by atoms with Crippen LogP contribution in [0.4, 0.5) is 0 Å². The minimum Gasteiger partial charge on any atom is -0.493 e. The lowest BCUT2D eigenvalue weighted by atomic mass is 10.2. The van der Waals surface area contributed by atoms with Crippen LogP contribution >= 0.6 is 0 Å². The number of benzene rings is 1. The fraction of sp³-hybridized carbons (Fsp3) is 0.278. The first-order chi connectivity index (χ1) is 12.4. The van der Waals surface area contributed by atoms with E-state index in [2.05, 4.69) is 0 Å². The van der Waals surface area contributed by atoms with Crippen molar-refractivity contribution in [2.75, 3.05) is 13.7 Å². The Morgan fingerprint density at radius 1 is 1.15 bits per heavy atom. The molecule has 0 aliphatic heterocycles. The summed E-state index contributed by atoms with van der Waals surface area (Å²) in [6.07, 6.45) is 1.25. The van der Waals surface area contributed by atoms with Crippen molar-refractivity contribution in [2.24, 2.45) is 0 Å². The van der Waals surface area contributed by atoms with Crippen molar-refractivity contribution in [1.29, 1.82) is 0 Å². The van der Waals surface area contributed by atoms with Crippen LogP contribution in [0.25, 0.3) is 0 Å². The van der Waals surface area contributed by atoms with Gasteiger partial charge in [0.1, 0.15) is 0 Å². The van der Waals surface area contributed by atoms with E-state index in [4.69, 9.17) is 18.6 Å². The molecule has 26 heavy (non-hydrogen) atoms. The Balaban J connectivity index is 1.92. The summed E-state index contributed by atoms with van der Waals surface area (Å²) >= 11 is 0. The first-order valence-corrected chi connectivity index (χ1v) is 7.80. The number of hydrogen-bond donors (Lipinski definition) is 1. The van der Waals surface area contributed by atoms with E-state index in [1.807, 2.05) is 19.2 Å². The molecular formula is C18H19NO7. The average Bonchev–Trinajstić information content (AvgIpc) is 3.14. The largest absolute Gasteiger partial charge is 0.493 e. The van der Waals surface area contributed by atoms with Crippen molar-refractivity contribution in [3.05, 3.63) is 47.9 Å². The number of imide groups is 1. The number of furan rings is 1. The van der Waals surface area contributed by atoms with E-state index in [1.54, 1.807) is 6.07 Å². The topological polar surface area (TPSA) is 104 Å². The fourth-order valence-corrected chi connectivity index (χ4v) is 1.99. The first-order valence-electron chi connectivity index (χ1n) is 7.80. The van der Waals surface area contributed by atoms with Crippen LogP contribution in [-0.4, -0.2) is 37.6 Å². The van der Waals surface area contributed by atoms with Crippen molar-refractivity contribution < 1.29 is 33.0 Å². The highest BCUT2D eigenvalue weighted by Crippen LogP contribution is 2.29. The van der Waals surface area contributed by atoms with E-state index in [9.17, 15) is 14.4 Å². The zero-order valence-electron chi connectivity index (χ0n) is 14.6. The maximum absolute atomic E-state index is 12.1. The Kier molecular flexibility index (Phi) is 6.37. The third kappa shape index (κ3) is 5.10. The predicted molar refractivity (Wildman–Crippen MR) is 90.2 cm³/mol. The molecule has 0 spiro atoms. The molecular weight excluding hydrogens is 342 g/mol. The maximum atomic E-state index is 12.1. The number of amides is 2. The number of hydrogen-bond acceptors (Lipinski definition) is 7. The molecule has 1 aromatic carbocycles. The number of rotatable bonds is 7. The Morgan fingerprint density at radius 3 is 2.54 bits per heavy atom. The quantitative estimate of drug-likeness (QED) is 0.754. The molecule has 8 heteroatoms. The summed E-state index contributed by atoms with van der Waals surface area (Å²) in [5.41, 5.74) is 0.183. The molecule has 0 radical (unpaired) electrons. The van der Waals surface area contributed by atoms with Crippen LogP contribution in [0.1, 0.15) is 34.8 Å². The predicted octanol–water partition coefficient (Wildman–Crippen LogP) is 2.19. The van der Waals surface area contributed by atoms with E-state index in [0.29, 0.717) is 11.5 Å². The van der Waals surface area contributed by atoms with Crippen LogP contribution < -0.4 is 14.8 Å². The fourth-order valence-electron chi connectivity index (χ4n) is 1.99. The molecule has 0 saturated heterocycles. The molecule has 2 amide bonds. The van der Waals surface area contributed by atoms with E-state index >= 15 is 0 Å². The SMILES string of the molecule is COc1cc(C(=O)OCC(=O)NC(=O)c2ccco2)ccc1OC(C)C. The number of carbonyl (C=O) groups is 3. The molecule has 0 atom stereocenters. The Hall–Kier alpha value is -3.29. The summed E-state index contributed by atoms with van der Waals surface area (Å²) in [5.74, 6) is -1.39. The van der Waals surface area contributed by atoms with Crippen molar-refractivity contribution in [3.8, 4) is 11.5 Å². The van der Waals surface area contributed by atoms with Crippen LogP contribution in [0.15, 0.2) is 41.0 Å². The first kappa shape index (κ1) is 19.0. The zero-order chi connectivity index (χ0) is 19.1. The molecule has 1 aromatic heterocycles. The number of carbonyl (C=O) groups excluding carboxylic acids is 3. The van der Waals surface area contributed by atoms with Gasteiger partial charge in [0.05, 0.1) is 25.0 Å². The zero-order valence-corrected chi connectivity index (χ0v) is 14.6. The second kappa shape index (κ2) is 8.70. The van der Waals surface area contributed by atoms with Crippen molar-refractivity contribution >= 4 is 17.8 Å². The molecule has 1 N–H and O–H groups in total. The van der Waals surface area contributed by atoms with Gasteiger partial charge in [0.25, 0.3) is 11.8 Å². The lowest BCUT2D eigenvalue weighted by Gasteiger charge is -2.14. The van der Waals surface area contributed by atoms with Crippen molar-refractivity contribution in [3.63, 3.8) is 0 Å². The number of ether oxygens (including phenoxy) is 3. The van der Waals surface area contributed by atoms with Crippen molar-refractivity contribution in [1.82, 2.24) is 5.32 Å². The number of methoxy groups -OCH3 is 1. The number of nitrogens with one attached hydrogen (secondary N) is 1. The van der Waals surface area contributed by atoms with E-state index in [1.165, 1.54) is 37.6 Å². The minimum atomic E-state index is -0.772. The van der Waals surface area contributed by atoms with Gasteiger partial charge in [0.15, 0.2) is 23.9 Å². The van der Waals surface area contributed by atoms with E-state index in [0.717, 1.165) is 0 Å². The average molecular weight is 361 g/mol. The van der Waals surface area contributed by atoms with Crippen LogP contribution in [0.5, 0.6) is 11.5 Å².